The quantitative estimate of drug-likeness (QED) is 0.714. The molecule has 0 aliphatic rings. The van der Waals surface area contributed by atoms with Crippen molar-refractivity contribution in [2.24, 2.45) is 0 Å². The topological polar surface area (TPSA) is 74.2 Å². The lowest BCUT2D eigenvalue weighted by molar-refractivity contribution is 0.0954. The number of pyridine rings is 1. The van der Waals surface area contributed by atoms with Crippen LogP contribution < -0.4 is 10.6 Å². The van der Waals surface area contributed by atoms with Gasteiger partial charge >= 0.3 is 0 Å². The Morgan fingerprint density at radius 3 is 2.55 bits per heavy atom. The van der Waals surface area contributed by atoms with Gasteiger partial charge in [-0.1, -0.05) is 35.9 Å². The number of nitrogens with one attached hydrogen (secondary N) is 2. The summed E-state index contributed by atoms with van der Waals surface area (Å²) in [4.78, 5) is 16.1. The van der Waals surface area contributed by atoms with E-state index in [0.29, 0.717) is 17.9 Å². The Balaban J connectivity index is 1.90. The maximum atomic E-state index is 12.1. The van der Waals surface area contributed by atoms with Crippen LogP contribution in [0.1, 0.15) is 21.5 Å². The molecule has 2 aromatic rings. The normalized spacial score (nSPS) is 10.3. The van der Waals surface area contributed by atoms with Crippen LogP contribution in [0, 0.1) is 0 Å². The van der Waals surface area contributed by atoms with Crippen molar-refractivity contribution in [1.29, 1.82) is 0 Å². The van der Waals surface area contributed by atoms with Gasteiger partial charge < -0.3 is 15.7 Å². The van der Waals surface area contributed by atoms with Crippen LogP contribution in [-0.2, 0) is 13.0 Å². The summed E-state index contributed by atoms with van der Waals surface area (Å²) in [5.41, 5.74) is 2.44. The van der Waals surface area contributed by atoms with Crippen molar-refractivity contribution < 1.29 is 9.90 Å². The van der Waals surface area contributed by atoms with E-state index < -0.39 is 0 Å². The minimum absolute atomic E-state index is 0.0353. The van der Waals surface area contributed by atoms with Gasteiger partial charge in [0.1, 0.15) is 11.0 Å². The van der Waals surface area contributed by atoms with Gasteiger partial charge in [-0.2, -0.15) is 0 Å². The number of carbonyl (C=O) groups is 1. The van der Waals surface area contributed by atoms with Gasteiger partial charge in [-0.25, -0.2) is 4.98 Å². The molecule has 0 unspecified atom stereocenters. The summed E-state index contributed by atoms with van der Waals surface area (Å²) < 4.78 is 0. The van der Waals surface area contributed by atoms with Gasteiger partial charge in [-0.15, -0.1) is 0 Å². The monoisotopic (exact) mass is 319 g/mol. The summed E-state index contributed by atoms with van der Waals surface area (Å²) in [5.74, 6) is 0.366. The number of carbonyl (C=O) groups excluding carboxylic acids is 1. The highest BCUT2D eigenvalue weighted by atomic mass is 35.5. The fourth-order valence-electron chi connectivity index (χ4n) is 1.99. The fourth-order valence-corrected chi connectivity index (χ4v) is 2.20. The number of benzene rings is 1. The van der Waals surface area contributed by atoms with E-state index in [-0.39, 0.29) is 17.7 Å². The lowest BCUT2D eigenvalue weighted by Gasteiger charge is -2.08. The van der Waals surface area contributed by atoms with Gasteiger partial charge in [-0.05, 0) is 29.7 Å². The van der Waals surface area contributed by atoms with Crippen LogP contribution in [0.25, 0.3) is 0 Å². The molecular weight excluding hydrogens is 302 g/mol. The summed E-state index contributed by atoms with van der Waals surface area (Å²) in [5, 5.41) is 15.0. The molecule has 0 bridgehead atoms. The average molecular weight is 320 g/mol. The molecule has 0 fully saturated rings. The first-order valence-electron chi connectivity index (χ1n) is 6.94. The van der Waals surface area contributed by atoms with Crippen molar-refractivity contribution in [3.05, 3.63) is 58.2 Å². The number of amides is 1. The van der Waals surface area contributed by atoms with Gasteiger partial charge in [0, 0.05) is 19.2 Å². The van der Waals surface area contributed by atoms with Crippen molar-refractivity contribution in [3.63, 3.8) is 0 Å². The number of aliphatic hydroxyl groups excluding tert-OH is 1. The van der Waals surface area contributed by atoms with Crippen molar-refractivity contribution in [2.45, 2.75) is 13.0 Å². The smallest absolute Gasteiger partial charge is 0.251 e. The number of nitrogens with zero attached hydrogens (tertiary/aromatic N) is 1. The molecule has 0 aliphatic heterocycles. The minimum Gasteiger partial charge on any atom is -0.392 e. The van der Waals surface area contributed by atoms with Crippen LogP contribution in [0.4, 0.5) is 5.82 Å². The SMILES string of the molecule is CNc1cc(C(=O)NCCc2ccc(CO)cc2)cc(Cl)n1. The van der Waals surface area contributed by atoms with Crippen molar-refractivity contribution in [3.8, 4) is 0 Å². The first-order chi connectivity index (χ1) is 10.6. The van der Waals surface area contributed by atoms with Crippen LogP contribution in [0.2, 0.25) is 5.15 Å². The number of halogens is 1. The number of aliphatic hydroxyl groups is 1. The maximum absolute atomic E-state index is 12.1. The van der Waals surface area contributed by atoms with E-state index in [9.17, 15) is 4.79 Å². The van der Waals surface area contributed by atoms with Crippen molar-refractivity contribution in [1.82, 2.24) is 10.3 Å². The predicted molar refractivity (Wildman–Crippen MR) is 87.2 cm³/mol. The Hall–Kier alpha value is -2.11. The van der Waals surface area contributed by atoms with Crippen LogP contribution in [0.15, 0.2) is 36.4 Å². The second-order valence-electron chi connectivity index (χ2n) is 4.79. The van der Waals surface area contributed by atoms with E-state index in [1.807, 2.05) is 24.3 Å². The third-order valence-corrected chi connectivity index (χ3v) is 3.41. The Bertz CT molecular complexity index is 644. The second-order valence-corrected chi connectivity index (χ2v) is 5.18. The van der Waals surface area contributed by atoms with Crippen LogP contribution in [-0.4, -0.2) is 29.6 Å². The molecule has 0 saturated heterocycles. The number of aromatic nitrogens is 1. The van der Waals surface area contributed by atoms with Crippen LogP contribution >= 0.6 is 11.6 Å². The molecule has 0 aliphatic carbocycles. The Labute approximate surface area is 134 Å². The first kappa shape index (κ1) is 16.3. The summed E-state index contributed by atoms with van der Waals surface area (Å²) in [6.45, 7) is 0.555. The summed E-state index contributed by atoms with van der Waals surface area (Å²) in [6.07, 6.45) is 0.717. The number of hydrogen-bond acceptors (Lipinski definition) is 4. The zero-order valence-corrected chi connectivity index (χ0v) is 13.0. The van der Waals surface area contributed by atoms with Crippen molar-refractivity contribution in [2.75, 3.05) is 18.9 Å². The summed E-state index contributed by atoms with van der Waals surface area (Å²) >= 11 is 5.88. The molecule has 116 valence electrons. The molecule has 3 N–H and O–H groups in total. The van der Waals surface area contributed by atoms with E-state index in [4.69, 9.17) is 16.7 Å². The number of hydrogen-bond donors (Lipinski definition) is 3. The molecule has 5 nitrogen and oxygen atoms in total. The van der Waals surface area contributed by atoms with Crippen LogP contribution in [0.3, 0.4) is 0 Å². The third kappa shape index (κ3) is 4.44. The minimum atomic E-state index is -0.187. The molecule has 0 saturated carbocycles. The largest absolute Gasteiger partial charge is 0.392 e. The second kappa shape index (κ2) is 7.77. The Morgan fingerprint density at radius 2 is 1.91 bits per heavy atom. The standard InChI is InChI=1S/C16H18ClN3O2/c1-18-15-9-13(8-14(17)20-15)16(22)19-7-6-11-2-4-12(10-21)5-3-11/h2-5,8-9,21H,6-7,10H2,1H3,(H,18,20)(H,19,22). The Kier molecular flexibility index (Phi) is 5.75. The van der Waals surface area contributed by atoms with E-state index in [2.05, 4.69) is 15.6 Å². The molecule has 1 amide bonds. The average Bonchev–Trinajstić information content (AvgIpc) is 2.54. The van der Waals surface area contributed by atoms with Gasteiger partial charge in [0.15, 0.2) is 0 Å². The van der Waals surface area contributed by atoms with Gasteiger partial charge in [0.2, 0.25) is 0 Å². The molecule has 6 heteroatoms. The molecule has 1 heterocycles. The molecule has 2 rings (SSSR count). The molecule has 0 atom stereocenters. The molecule has 1 aromatic carbocycles. The van der Waals surface area contributed by atoms with Gasteiger partial charge in [0.05, 0.1) is 6.61 Å². The van der Waals surface area contributed by atoms with Crippen molar-refractivity contribution >= 4 is 23.3 Å². The van der Waals surface area contributed by atoms with E-state index in [0.717, 1.165) is 17.5 Å². The van der Waals surface area contributed by atoms with Gasteiger partial charge in [-0.3, -0.25) is 4.79 Å². The fraction of sp³-hybridized carbons (Fsp3) is 0.250. The summed E-state index contributed by atoms with van der Waals surface area (Å²) in [6, 6.07) is 10.8. The molecule has 0 radical (unpaired) electrons. The molecule has 1 aromatic heterocycles. The highest BCUT2D eigenvalue weighted by Gasteiger charge is 2.08. The lowest BCUT2D eigenvalue weighted by atomic mass is 10.1. The highest BCUT2D eigenvalue weighted by molar-refractivity contribution is 6.29. The molecule has 22 heavy (non-hydrogen) atoms. The molecule has 0 spiro atoms. The Morgan fingerprint density at radius 1 is 1.23 bits per heavy atom. The number of rotatable bonds is 6. The van der Waals surface area contributed by atoms with Gasteiger partial charge in [0.25, 0.3) is 5.91 Å². The maximum Gasteiger partial charge on any atom is 0.251 e. The van der Waals surface area contributed by atoms with E-state index in [1.165, 1.54) is 6.07 Å². The predicted octanol–water partition coefficient (Wildman–Crippen LogP) is 2.24. The van der Waals surface area contributed by atoms with E-state index >= 15 is 0 Å². The highest BCUT2D eigenvalue weighted by Crippen LogP contribution is 2.14. The third-order valence-electron chi connectivity index (χ3n) is 3.22. The zero-order chi connectivity index (χ0) is 15.9. The van der Waals surface area contributed by atoms with E-state index in [1.54, 1.807) is 13.1 Å². The summed E-state index contributed by atoms with van der Waals surface area (Å²) in [7, 11) is 1.72. The zero-order valence-electron chi connectivity index (χ0n) is 12.3. The number of anilines is 1. The lowest BCUT2D eigenvalue weighted by Crippen LogP contribution is -2.25. The first-order valence-corrected chi connectivity index (χ1v) is 7.32. The van der Waals surface area contributed by atoms with Crippen LogP contribution in [0.5, 0.6) is 0 Å². The molecular formula is C16H18ClN3O2.